The van der Waals surface area contributed by atoms with E-state index in [1.807, 2.05) is 48.5 Å². The van der Waals surface area contributed by atoms with Crippen molar-refractivity contribution in [2.24, 2.45) is 11.5 Å². The second-order valence-corrected chi connectivity index (χ2v) is 5.59. The lowest BCUT2D eigenvalue weighted by atomic mass is 10.0. The molecule has 3 aromatic rings. The third-order valence-electron chi connectivity index (χ3n) is 3.81. The molecule has 3 rings (SSSR count). The first kappa shape index (κ1) is 17.2. The summed E-state index contributed by atoms with van der Waals surface area (Å²) in [5.74, 6) is -0.770. The van der Waals surface area contributed by atoms with E-state index in [1.165, 1.54) is 10.9 Å². The van der Waals surface area contributed by atoms with Crippen molar-refractivity contribution in [3.05, 3.63) is 66.0 Å². The normalized spacial score (nSPS) is 10.5. The smallest absolute Gasteiger partial charge is 0.316 e. The fraction of sp³-hybridized carbons (Fsp3) is 0.0556. The lowest BCUT2D eigenvalue weighted by Gasteiger charge is -2.05. The van der Waals surface area contributed by atoms with Crippen LogP contribution in [0, 0.1) is 0 Å². The molecule has 0 bridgehead atoms. The Balaban J connectivity index is 1.90. The van der Waals surface area contributed by atoms with E-state index in [0.717, 1.165) is 16.7 Å². The Morgan fingerprint density at radius 3 is 2.08 bits per heavy atom. The standard InChI is InChI=1S/C18H17N5O3/c19-17(25)16-15(21-18(20)26)9-23(22-16)14-7-5-13(6-8-14)12-3-1-11(10-24)2-4-12/h1-9,24H,10H2,(H2,19,25)(H3,20,21,26). The molecule has 8 heteroatoms. The summed E-state index contributed by atoms with van der Waals surface area (Å²) in [6.45, 7) is 0.00237. The Hall–Kier alpha value is -3.65. The Morgan fingerprint density at radius 2 is 1.58 bits per heavy atom. The van der Waals surface area contributed by atoms with Gasteiger partial charge in [0.2, 0.25) is 0 Å². The Bertz CT molecular complexity index is 946. The lowest BCUT2D eigenvalue weighted by molar-refractivity contribution is 0.0996. The van der Waals surface area contributed by atoms with Crippen molar-refractivity contribution in [1.82, 2.24) is 9.78 Å². The monoisotopic (exact) mass is 351 g/mol. The fourth-order valence-electron chi connectivity index (χ4n) is 2.52. The number of rotatable bonds is 5. The second-order valence-electron chi connectivity index (χ2n) is 5.59. The Morgan fingerprint density at radius 1 is 1.00 bits per heavy atom. The topological polar surface area (TPSA) is 136 Å². The van der Waals surface area contributed by atoms with E-state index in [-0.39, 0.29) is 18.0 Å². The quantitative estimate of drug-likeness (QED) is 0.555. The number of amides is 3. The van der Waals surface area contributed by atoms with Gasteiger partial charge in [0.05, 0.1) is 24.2 Å². The summed E-state index contributed by atoms with van der Waals surface area (Å²) in [6, 6.07) is 14.2. The number of nitrogens with one attached hydrogen (secondary N) is 1. The summed E-state index contributed by atoms with van der Waals surface area (Å²) < 4.78 is 1.43. The van der Waals surface area contributed by atoms with Gasteiger partial charge in [-0.2, -0.15) is 5.10 Å². The predicted molar refractivity (Wildman–Crippen MR) is 96.6 cm³/mol. The van der Waals surface area contributed by atoms with Gasteiger partial charge in [0, 0.05) is 0 Å². The van der Waals surface area contributed by atoms with Gasteiger partial charge in [-0.1, -0.05) is 36.4 Å². The van der Waals surface area contributed by atoms with E-state index in [2.05, 4.69) is 10.4 Å². The maximum absolute atomic E-state index is 11.5. The second kappa shape index (κ2) is 7.08. The van der Waals surface area contributed by atoms with Crippen LogP contribution in [0.15, 0.2) is 54.7 Å². The molecule has 0 atom stereocenters. The number of anilines is 1. The summed E-state index contributed by atoms with van der Waals surface area (Å²) in [7, 11) is 0. The van der Waals surface area contributed by atoms with Crippen LogP contribution in [-0.4, -0.2) is 26.8 Å². The first-order chi connectivity index (χ1) is 12.5. The molecule has 0 aliphatic heterocycles. The van der Waals surface area contributed by atoms with Gasteiger partial charge in [0.15, 0.2) is 5.69 Å². The van der Waals surface area contributed by atoms with Crippen LogP contribution < -0.4 is 16.8 Å². The van der Waals surface area contributed by atoms with Gasteiger partial charge in [0.1, 0.15) is 0 Å². The van der Waals surface area contributed by atoms with Crippen molar-refractivity contribution >= 4 is 17.6 Å². The highest BCUT2D eigenvalue weighted by Gasteiger charge is 2.16. The van der Waals surface area contributed by atoms with E-state index in [9.17, 15) is 9.59 Å². The maximum atomic E-state index is 11.5. The van der Waals surface area contributed by atoms with E-state index in [1.54, 1.807) is 0 Å². The zero-order chi connectivity index (χ0) is 18.7. The number of hydrogen-bond acceptors (Lipinski definition) is 4. The molecule has 1 aromatic heterocycles. The van der Waals surface area contributed by atoms with Gasteiger partial charge in [-0.25, -0.2) is 9.48 Å². The Labute approximate surface area is 149 Å². The van der Waals surface area contributed by atoms with Gasteiger partial charge >= 0.3 is 6.03 Å². The maximum Gasteiger partial charge on any atom is 0.316 e. The van der Waals surface area contributed by atoms with Gasteiger partial charge < -0.3 is 21.9 Å². The summed E-state index contributed by atoms with van der Waals surface area (Å²) in [5.41, 5.74) is 14.0. The molecule has 2 aromatic carbocycles. The average molecular weight is 351 g/mol. The highest BCUT2D eigenvalue weighted by Crippen LogP contribution is 2.23. The molecule has 1 heterocycles. The average Bonchev–Trinajstić information content (AvgIpc) is 3.05. The third kappa shape index (κ3) is 3.55. The minimum absolute atomic E-state index is 0.00237. The molecular weight excluding hydrogens is 334 g/mol. The van der Waals surface area contributed by atoms with Crippen molar-refractivity contribution in [1.29, 1.82) is 0 Å². The van der Waals surface area contributed by atoms with Crippen LogP contribution in [0.25, 0.3) is 16.8 Å². The molecule has 0 saturated carbocycles. The molecule has 6 N–H and O–H groups in total. The highest BCUT2D eigenvalue weighted by molar-refractivity contribution is 6.00. The zero-order valence-electron chi connectivity index (χ0n) is 13.7. The molecule has 8 nitrogen and oxygen atoms in total. The van der Waals surface area contributed by atoms with Crippen molar-refractivity contribution in [3.8, 4) is 16.8 Å². The minimum Gasteiger partial charge on any atom is -0.392 e. The molecule has 0 aliphatic carbocycles. The number of aromatic nitrogens is 2. The van der Waals surface area contributed by atoms with Crippen molar-refractivity contribution in [3.63, 3.8) is 0 Å². The number of carbonyl (C=O) groups is 2. The van der Waals surface area contributed by atoms with Crippen LogP contribution in [0.5, 0.6) is 0 Å². The van der Waals surface area contributed by atoms with Crippen molar-refractivity contribution in [2.75, 3.05) is 5.32 Å². The number of hydrogen-bond donors (Lipinski definition) is 4. The van der Waals surface area contributed by atoms with Crippen molar-refractivity contribution in [2.45, 2.75) is 6.61 Å². The minimum atomic E-state index is -0.811. The van der Waals surface area contributed by atoms with Gasteiger partial charge in [0.25, 0.3) is 5.91 Å². The SMILES string of the molecule is NC(=O)Nc1cn(-c2ccc(-c3ccc(CO)cc3)cc2)nc1C(N)=O. The van der Waals surface area contributed by atoms with E-state index in [4.69, 9.17) is 16.6 Å². The molecule has 3 amide bonds. The molecule has 26 heavy (non-hydrogen) atoms. The fourth-order valence-corrected chi connectivity index (χ4v) is 2.52. The Kier molecular flexibility index (Phi) is 4.68. The van der Waals surface area contributed by atoms with Crippen LogP contribution in [-0.2, 0) is 6.61 Å². The number of primary amides is 2. The van der Waals surface area contributed by atoms with Crippen LogP contribution in [0.3, 0.4) is 0 Å². The molecule has 0 radical (unpaired) electrons. The van der Waals surface area contributed by atoms with E-state index in [0.29, 0.717) is 5.69 Å². The highest BCUT2D eigenvalue weighted by atomic mass is 16.3. The van der Waals surface area contributed by atoms with Crippen LogP contribution in [0.4, 0.5) is 10.5 Å². The van der Waals surface area contributed by atoms with Gasteiger partial charge in [-0.05, 0) is 28.8 Å². The summed E-state index contributed by atoms with van der Waals surface area (Å²) >= 11 is 0. The van der Waals surface area contributed by atoms with Crippen LogP contribution in [0.2, 0.25) is 0 Å². The lowest BCUT2D eigenvalue weighted by Crippen LogP contribution is -2.22. The molecule has 0 saturated heterocycles. The predicted octanol–water partition coefficient (Wildman–Crippen LogP) is 1.62. The molecule has 0 fully saturated rings. The summed E-state index contributed by atoms with van der Waals surface area (Å²) in [6.07, 6.45) is 1.47. The first-order valence-electron chi connectivity index (χ1n) is 7.74. The van der Waals surface area contributed by atoms with Crippen LogP contribution >= 0.6 is 0 Å². The van der Waals surface area contributed by atoms with Gasteiger partial charge in [-0.3, -0.25) is 4.79 Å². The van der Waals surface area contributed by atoms with E-state index >= 15 is 0 Å². The number of aliphatic hydroxyl groups excluding tert-OH is 1. The number of urea groups is 1. The summed E-state index contributed by atoms with van der Waals surface area (Å²) in [5, 5.41) is 15.5. The number of aliphatic hydroxyl groups is 1. The largest absolute Gasteiger partial charge is 0.392 e. The molecule has 0 spiro atoms. The molecule has 0 unspecified atom stereocenters. The molecule has 132 valence electrons. The number of nitrogens with zero attached hydrogens (tertiary/aromatic N) is 2. The summed E-state index contributed by atoms with van der Waals surface area (Å²) in [4.78, 5) is 22.5. The number of nitrogens with two attached hydrogens (primary N) is 2. The van der Waals surface area contributed by atoms with E-state index < -0.39 is 11.9 Å². The number of carbonyl (C=O) groups excluding carboxylic acids is 2. The number of benzene rings is 2. The van der Waals surface area contributed by atoms with Crippen molar-refractivity contribution < 1.29 is 14.7 Å². The zero-order valence-corrected chi connectivity index (χ0v) is 13.7. The molecule has 0 aliphatic rings. The molecular formula is C18H17N5O3. The third-order valence-corrected chi connectivity index (χ3v) is 3.81. The first-order valence-corrected chi connectivity index (χ1v) is 7.74. The van der Waals surface area contributed by atoms with Gasteiger partial charge in [-0.15, -0.1) is 0 Å². The van der Waals surface area contributed by atoms with Crippen LogP contribution in [0.1, 0.15) is 16.1 Å².